The van der Waals surface area contributed by atoms with Crippen LogP contribution < -0.4 is 15.4 Å². The van der Waals surface area contributed by atoms with Crippen molar-refractivity contribution in [3.05, 3.63) is 65.2 Å². The van der Waals surface area contributed by atoms with Gasteiger partial charge < -0.3 is 10.1 Å². The number of benzene rings is 2. The first kappa shape index (κ1) is 19.0. The monoisotopic (exact) mass is 374 g/mol. The van der Waals surface area contributed by atoms with Crippen LogP contribution in [0.5, 0.6) is 5.75 Å². The quantitative estimate of drug-likeness (QED) is 0.570. The van der Waals surface area contributed by atoms with E-state index in [1.165, 1.54) is 6.08 Å². The molecule has 0 unspecified atom stereocenters. The zero-order valence-electron chi connectivity index (χ0n) is 13.8. The highest BCUT2D eigenvalue weighted by molar-refractivity contribution is 7.80. The van der Waals surface area contributed by atoms with Crippen molar-refractivity contribution in [2.24, 2.45) is 0 Å². The van der Waals surface area contributed by atoms with Crippen molar-refractivity contribution in [2.45, 2.75) is 13.3 Å². The summed E-state index contributed by atoms with van der Waals surface area (Å²) in [6, 6.07) is 14.7. The molecule has 1 amide bonds. The molecule has 0 aliphatic carbocycles. The van der Waals surface area contributed by atoms with Crippen molar-refractivity contribution in [3.8, 4) is 5.75 Å². The average molecular weight is 375 g/mol. The van der Waals surface area contributed by atoms with Gasteiger partial charge in [0.15, 0.2) is 5.11 Å². The molecule has 0 heterocycles. The molecule has 0 bridgehead atoms. The summed E-state index contributed by atoms with van der Waals surface area (Å²) in [5, 5.41) is 6.34. The normalized spacial score (nSPS) is 10.5. The third-order valence-corrected chi connectivity index (χ3v) is 3.67. The number of carbonyl (C=O) groups is 1. The highest BCUT2D eigenvalue weighted by atomic mass is 35.5. The number of ether oxygens (including phenoxy) is 1. The molecule has 0 fully saturated rings. The van der Waals surface area contributed by atoms with E-state index in [2.05, 4.69) is 10.6 Å². The van der Waals surface area contributed by atoms with Crippen LogP contribution in [0.4, 0.5) is 5.69 Å². The van der Waals surface area contributed by atoms with Crippen LogP contribution in [0.3, 0.4) is 0 Å². The van der Waals surface area contributed by atoms with Gasteiger partial charge in [0.05, 0.1) is 6.61 Å². The van der Waals surface area contributed by atoms with Gasteiger partial charge in [0.25, 0.3) is 0 Å². The van der Waals surface area contributed by atoms with Crippen LogP contribution in [0.25, 0.3) is 6.08 Å². The van der Waals surface area contributed by atoms with Gasteiger partial charge in [-0.3, -0.25) is 10.1 Å². The number of thiocarbonyl (C=S) groups is 1. The van der Waals surface area contributed by atoms with E-state index in [-0.39, 0.29) is 11.0 Å². The van der Waals surface area contributed by atoms with Crippen molar-refractivity contribution in [1.82, 2.24) is 5.32 Å². The van der Waals surface area contributed by atoms with E-state index < -0.39 is 0 Å². The fraction of sp³-hybridized carbons (Fsp3) is 0.158. The number of halogens is 1. The van der Waals surface area contributed by atoms with Gasteiger partial charge in [-0.1, -0.05) is 42.8 Å². The van der Waals surface area contributed by atoms with Gasteiger partial charge in [-0.2, -0.15) is 0 Å². The molecule has 0 saturated heterocycles. The zero-order valence-corrected chi connectivity index (χ0v) is 15.4. The van der Waals surface area contributed by atoms with Crippen LogP contribution in [0, 0.1) is 0 Å². The number of rotatable bonds is 6. The molecule has 25 heavy (non-hydrogen) atoms. The van der Waals surface area contributed by atoms with Crippen LogP contribution >= 0.6 is 23.8 Å². The maximum absolute atomic E-state index is 11.9. The summed E-state index contributed by atoms with van der Waals surface area (Å²) in [6.45, 7) is 2.69. The minimum absolute atomic E-state index is 0.210. The molecule has 6 heteroatoms. The lowest BCUT2D eigenvalue weighted by molar-refractivity contribution is -0.115. The number of carbonyl (C=O) groups excluding carboxylic acids is 1. The third kappa shape index (κ3) is 6.57. The second-order valence-corrected chi connectivity index (χ2v) is 5.99. The molecule has 0 saturated carbocycles. The maximum Gasteiger partial charge on any atom is 0.250 e. The molecule has 2 N–H and O–H groups in total. The van der Waals surface area contributed by atoms with Gasteiger partial charge in [-0.15, -0.1) is 0 Å². The predicted octanol–water partition coefficient (Wildman–Crippen LogP) is 4.66. The Labute approximate surface area is 157 Å². The van der Waals surface area contributed by atoms with Crippen LogP contribution in [-0.2, 0) is 4.79 Å². The van der Waals surface area contributed by atoms with Crippen molar-refractivity contribution in [3.63, 3.8) is 0 Å². The summed E-state index contributed by atoms with van der Waals surface area (Å²) in [5.74, 6) is 0.412. The largest absolute Gasteiger partial charge is 0.494 e. The van der Waals surface area contributed by atoms with Crippen molar-refractivity contribution in [2.75, 3.05) is 11.9 Å². The number of anilines is 1. The lowest BCUT2D eigenvalue weighted by Crippen LogP contribution is -2.32. The summed E-state index contributed by atoms with van der Waals surface area (Å²) in [7, 11) is 0. The molecule has 130 valence electrons. The minimum Gasteiger partial charge on any atom is -0.494 e. The molecule has 0 aliphatic rings. The first-order chi connectivity index (χ1) is 12.1. The fourth-order valence-corrected chi connectivity index (χ4v) is 2.39. The highest BCUT2D eigenvalue weighted by Gasteiger charge is 2.03. The van der Waals surface area contributed by atoms with Crippen molar-refractivity contribution >= 4 is 46.6 Å². The molecule has 0 aliphatic heterocycles. The van der Waals surface area contributed by atoms with Gasteiger partial charge in [-0.25, -0.2) is 0 Å². The van der Waals surface area contributed by atoms with E-state index >= 15 is 0 Å². The molecule has 0 radical (unpaired) electrons. The summed E-state index contributed by atoms with van der Waals surface area (Å²) in [4.78, 5) is 11.9. The maximum atomic E-state index is 11.9. The Morgan fingerprint density at radius 3 is 2.80 bits per heavy atom. The summed E-state index contributed by atoms with van der Waals surface area (Å²) in [5.41, 5.74) is 1.51. The Morgan fingerprint density at radius 1 is 1.24 bits per heavy atom. The van der Waals surface area contributed by atoms with Gasteiger partial charge in [0, 0.05) is 22.9 Å². The van der Waals surface area contributed by atoms with E-state index in [1.54, 1.807) is 12.1 Å². The topological polar surface area (TPSA) is 50.4 Å². The minimum atomic E-state index is -0.337. The lowest BCUT2D eigenvalue weighted by Gasteiger charge is -2.10. The summed E-state index contributed by atoms with van der Waals surface area (Å²) in [6.07, 6.45) is 3.96. The van der Waals surface area contributed by atoms with Crippen LogP contribution in [0.15, 0.2) is 54.6 Å². The molecule has 4 nitrogen and oxygen atoms in total. The van der Waals surface area contributed by atoms with Crippen molar-refractivity contribution < 1.29 is 9.53 Å². The second-order valence-electron chi connectivity index (χ2n) is 5.17. The Morgan fingerprint density at radius 2 is 2.04 bits per heavy atom. The molecule has 2 aromatic carbocycles. The van der Waals surface area contributed by atoms with E-state index in [4.69, 9.17) is 28.6 Å². The average Bonchev–Trinajstić information content (AvgIpc) is 2.59. The predicted molar refractivity (Wildman–Crippen MR) is 107 cm³/mol. The Hall–Kier alpha value is -2.37. The molecule has 0 spiro atoms. The van der Waals surface area contributed by atoms with Gasteiger partial charge in [-0.05, 0) is 48.5 Å². The lowest BCUT2D eigenvalue weighted by atomic mass is 10.2. The van der Waals surface area contributed by atoms with E-state index in [0.717, 1.165) is 23.4 Å². The van der Waals surface area contributed by atoms with Crippen LogP contribution in [0.1, 0.15) is 18.9 Å². The van der Waals surface area contributed by atoms with E-state index in [0.29, 0.717) is 11.6 Å². The first-order valence-electron chi connectivity index (χ1n) is 7.86. The first-order valence-corrected chi connectivity index (χ1v) is 8.64. The number of nitrogens with one attached hydrogen (secondary N) is 2. The number of amides is 1. The Balaban J connectivity index is 1.89. The van der Waals surface area contributed by atoms with Gasteiger partial charge in [0.2, 0.25) is 5.91 Å². The summed E-state index contributed by atoms with van der Waals surface area (Å²) >= 11 is 11.2. The number of hydrogen-bond acceptors (Lipinski definition) is 3. The molecule has 0 aromatic heterocycles. The summed E-state index contributed by atoms with van der Waals surface area (Å²) < 4.78 is 5.56. The van der Waals surface area contributed by atoms with Crippen LogP contribution in [0.2, 0.25) is 5.02 Å². The standard InChI is InChI=1S/C19H19ClN2O2S/c1-2-12-24-16-8-5-7-15(13-16)21-19(25)22-18(23)11-10-14-6-3-4-9-17(14)20/h3-11,13H,2,12H2,1H3,(H2,21,22,23,25)/b11-10+. The SMILES string of the molecule is CCCOc1cccc(NC(=S)NC(=O)/C=C/c2ccccc2Cl)c1. The smallest absolute Gasteiger partial charge is 0.250 e. The molecular formula is C19H19ClN2O2S. The van der Waals surface area contributed by atoms with E-state index in [9.17, 15) is 4.79 Å². The second kappa shape index (κ2) is 9.81. The van der Waals surface area contributed by atoms with Crippen LogP contribution in [-0.4, -0.2) is 17.6 Å². The van der Waals surface area contributed by atoms with E-state index in [1.807, 2.05) is 49.4 Å². The van der Waals surface area contributed by atoms with Gasteiger partial charge >= 0.3 is 0 Å². The zero-order chi connectivity index (χ0) is 18.1. The van der Waals surface area contributed by atoms with Gasteiger partial charge in [0.1, 0.15) is 5.75 Å². The molecule has 2 aromatic rings. The Kier molecular flexibility index (Phi) is 7.44. The third-order valence-electron chi connectivity index (χ3n) is 3.12. The number of hydrogen-bond donors (Lipinski definition) is 2. The fourth-order valence-electron chi connectivity index (χ4n) is 1.98. The molecule has 0 atom stereocenters. The molecule has 2 rings (SSSR count). The molecular weight excluding hydrogens is 356 g/mol. The van der Waals surface area contributed by atoms with Crippen molar-refractivity contribution in [1.29, 1.82) is 0 Å². The Bertz CT molecular complexity index is 778. The highest BCUT2D eigenvalue weighted by Crippen LogP contribution is 2.18.